The van der Waals surface area contributed by atoms with E-state index in [-0.39, 0.29) is 45.6 Å². The maximum absolute atomic E-state index is 12.3. The summed E-state index contributed by atoms with van der Waals surface area (Å²) in [7, 11) is 0. The summed E-state index contributed by atoms with van der Waals surface area (Å²) in [6.07, 6.45) is 0. The number of hydrogen-bond donors (Lipinski definition) is 0. The molecule has 0 heterocycles. The summed E-state index contributed by atoms with van der Waals surface area (Å²) in [4.78, 5) is 0. The summed E-state index contributed by atoms with van der Waals surface area (Å²) >= 11 is 0. The Hall–Kier alpha value is 0.196. The molecule has 0 aliphatic carbocycles. The van der Waals surface area contributed by atoms with Gasteiger partial charge in [-0.15, -0.1) is 6.07 Å². The molecule has 0 spiro atoms. The van der Waals surface area contributed by atoms with Gasteiger partial charge in [-0.1, -0.05) is 0 Å². The number of hydrogen-bond acceptors (Lipinski definition) is 0. The van der Waals surface area contributed by atoms with Crippen molar-refractivity contribution >= 4 is 23.1 Å². The molecule has 0 amide bonds. The van der Waals surface area contributed by atoms with Gasteiger partial charge in [-0.05, 0) is 6.07 Å². The van der Waals surface area contributed by atoms with Gasteiger partial charge in [0.1, 0.15) is 5.82 Å². The van der Waals surface area contributed by atoms with Crippen LogP contribution < -0.4 is 17.0 Å². The van der Waals surface area contributed by atoms with Gasteiger partial charge in [-0.2, -0.15) is 18.6 Å². The first-order chi connectivity index (χ1) is 4.22. The zero-order valence-electron chi connectivity index (χ0n) is 5.78. The van der Waals surface area contributed by atoms with Crippen molar-refractivity contribution in [3.8, 4) is 0 Å². The Morgan fingerprint density at radius 1 is 1.18 bits per heavy atom. The summed E-state index contributed by atoms with van der Waals surface area (Å²) in [6, 6.07) is 3.89. The van der Waals surface area contributed by atoms with E-state index in [0.717, 1.165) is 6.07 Å². The van der Waals surface area contributed by atoms with Gasteiger partial charge in [-0.3, -0.25) is 4.39 Å². The molecule has 11 heavy (non-hydrogen) atoms. The zero-order chi connectivity index (χ0) is 6.85. The number of benzene rings is 1. The number of halogens is 3. The number of rotatable bonds is 0. The molecular weight excluding hydrogens is 226 g/mol. The smallest absolute Gasteiger partial charge is 1.00 e. The largest absolute Gasteiger partial charge is 2.00 e. The summed E-state index contributed by atoms with van der Waals surface area (Å²) in [5.74, 6) is -1.71. The standard InChI is InChI=1S/C7H5F2.BrH.Mg/c1-5-3-2-4-6(8)7(5)9;;/h2-4H,1H2;1H;/q-1;;+2/p-1. The topological polar surface area (TPSA) is 0 Å². The van der Waals surface area contributed by atoms with E-state index in [0.29, 0.717) is 0 Å². The second-order valence-electron chi connectivity index (χ2n) is 1.71. The molecule has 1 aromatic rings. The second-order valence-corrected chi connectivity index (χ2v) is 1.71. The van der Waals surface area contributed by atoms with E-state index in [4.69, 9.17) is 0 Å². The van der Waals surface area contributed by atoms with Crippen LogP contribution in [0, 0.1) is 18.6 Å². The maximum Gasteiger partial charge on any atom is 2.00 e. The third-order valence-electron chi connectivity index (χ3n) is 1.03. The van der Waals surface area contributed by atoms with Crippen LogP contribution in [-0.2, 0) is 0 Å². The molecular formula is C7H5BrF2Mg. The molecule has 0 saturated carbocycles. The van der Waals surface area contributed by atoms with E-state index in [2.05, 4.69) is 6.92 Å². The maximum atomic E-state index is 12.3. The molecule has 0 atom stereocenters. The Bertz CT molecular complexity index is 207. The molecule has 0 aliphatic heterocycles. The van der Waals surface area contributed by atoms with Crippen LogP contribution in [0.25, 0.3) is 0 Å². The summed E-state index contributed by atoms with van der Waals surface area (Å²) in [5, 5.41) is 0. The molecule has 0 radical (unpaired) electrons. The van der Waals surface area contributed by atoms with Gasteiger partial charge < -0.3 is 17.0 Å². The Kier molecular flexibility index (Phi) is 7.25. The average Bonchev–Trinajstić information content (AvgIpc) is 1.83. The zero-order valence-corrected chi connectivity index (χ0v) is 8.78. The van der Waals surface area contributed by atoms with E-state index in [9.17, 15) is 8.78 Å². The fraction of sp³-hybridized carbons (Fsp3) is 0. The SMILES string of the molecule is [Br-].[CH2-]c1cccc(F)c1F.[Mg+2]. The molecule has 4 heteroatoms. The first-order valence-electron chi connectivity index (χ1n) is 2.48. The Morgan fingerprint density at radius 2 is 1.73 bits per heavy atom. The van der Waals surface area contributed by atoms with Crippen molar-refractivity contribution in [2.75, 3.05) is 0 Å². The van der Waals surface area contributed by atoms with Crippen LogP contribution in [0.4, 0.5) is 8.78 Å². The van der Waals surface area contributed by atoms with Crippen LogP contribution in [-0.4, -0.2) is 23.1 Å². The second kappa shape index (κ2) is 5.80. The third kappa shape index (κ3) is 3.40. The fourth-order valence-electron chi connectivity index (χ4n) is 0.548. The molecule has 1 aromatic carbocycles. The fourth-order valence-corrected chi connectivity index (χ4v) is 0.548. The van der Waals surface area contributed by atoms with Gasteiger partial charge in [0.25, 0.3) is 0 Å². The summed E-state index contributed by atoms with van der Waals surface area (Å²) < 4.78 is 24.5. The van der Waals surface area contributed by atoms with Gasteiger partial charge in [0.05, 0.1) is 5.82 Å². The quantitative estimate of drug-likeness (QED) is 0.387. The van der Waals surface area contributed by atoms with Crippen molar-refractivity contribution in [3.05, 3.63) is 42.3 Å². The van der Waals surface area contributed by atoms with E-state index in [1.807, 2.05) is 0 Å². The van der Waals surface area contributed by atoms with E-state index >= 15 is 0 Å². The van der Waals surface area contributed by atoms with Gasteiger partial charge in [-0.25, -0.2) is 4.39 Å². The van der Waals surface area contributed by atoms with E-state index in [1.54, 1.807) is 0 Å². The van der Waals surface area contributed by atoms with Crippen LogP contribution >= 0.6 is 0 Å². The van der Waals surface area contributed by atoms with Crippen LogP contribution in [0.1, 0.15) is 5.56 Å². The Labute approximate surface area is 90.9 Å². The van der Waals surface area contributed by atoms with Gasteiger partial charge in [0.2, 0.25) is 0 Å². The van der Waals surface area contributed by atoms with Crippen molar-refractivity contribution in [2.24, 2.45) is 0 Å². The van der Waals surface area contributed by atoms with Crippen molar-refractivity contribution in [1.29, 1.82) is 0 Å². The van der Waals surface area contributed by atoms with Crippen LogP contribution in [0.5, 0.6) is 0 Å². The van der Waals surface area contributed by atoms with Gasteiger partial charge in [0, 0.05) is 0 Å². The molecule has 0 bridgehead atoms. The molecule has 56 valence electrons. The van der Waals surface area contributed by atoms with Gasteiger partial charge in [0.15, 0.2) is 0 Å². The molecule has 0 aliphatic rings. The minimum Gasteiger partial charge on any atom is -1.00 e. The van der Waals surface area contributed by atoms with Crippen molar-refractivity contribution in [1.82, 2.24) is 0 Å². The van der Waals surface area contributed by atoms with Crippen LogP contribution in [0.3, 0.4) is 0 Å². The summed E-state index contributed by atoms with van der Waals surface area (Å²) in [5.41, 5.74) is 0.0926. The molecule has 0 aromatic heterocycles. The molecule has 0 saturated heterocycles. The molecule has 1 rings (SSSR count). The van der Waals surface area contributed by atoms with Crippen LogP contribution in [0.15, 0.2) is 18.2 Å². The van der Waals surface area contributed by atoms with E-state index in [1.165, 1.54) is 12.1 Å². The monoisotopic (exact) mass is 230 g/mol. The molecule has 0 N–H and O–H groups in total. The summed E-state index contributed by atoms with van der Waals surface area (Å²) in [6.45, 7) is 3.27. The molecule has 0 unspecified atom stereocenters. The van der Waals surface area contributed by atoms with Crippen LogP contribution in [0.2, 0.25) is 0 Å². The minimum absolute atomic E-state index is 0. The van der Waals surface area contributed by atoms with Crippen molar-refractivity contribution in [2.45, 2.75) is 0 Å². The van der Waals surface area contributed by atoms with Crippen molar-refractivity contribution in [3.63, 3.8) is 0 Å². The normalized spacial score (nSPS) is 7.82. The predicted octanol–water partition coefficient (Wildman–Crippen LogP) is -1.23. The average molecular weight is 231 g/mol. The molecule has 0 nitrogen and oxygen atoms in total. The Balaban J connectivity index is 0. The Morgan fingerprint density at radius 3 is 2.09 bits per heavy atom. The van der Waals surface area contributed by atoms with E-state index < -0.39 is 11.6 Å². The third-order valence-corrected chi connectivity index (χ3v) is 1.03. The minimum atomic E-state index is -0.863. The first kappa shape index (κ1) is 13.8. The van der Waals surface area contributed by atoms with Gasteiger partial charge >= 0.3 is 23.1 Å². The predicted molar refractivity (Wildman–Crippen MR) is 36.6 cm³/mol. The molecule has 0 fully saturated rings. The first-order valence-corrected chi connectivity index (χ1v) is 2.48. The van der Waals surface area contributed by atoms with Crippen molar-refractivity contribution < 1.29 is 25.8 Å².